The van der Waals surface area contributed by atoms with Crippen LogP contribution in [0.4, 0.5) is 8.78 Å². The van der Waals surface area contributed by atoms with Gasteiger partial charge >= 0.3 is 5.97 Å². The molecule has 6 rings (SSSR count). The molecule has 9 nitrogen and oxygen atoms in total. The van der Waals surface area contributed by atoms with Gasteiger partial charge in [0.15, 0.2) is 0 Å². The highest BCUT2D eigenvalue weighted by Gasteiger charge is 2.59. The summed E-state index contributed by atoms with van der Waals surface area (Å²) in [5.74, 6) is -1.74. The number of tetrazole rings is 1. The number of fused-ring (bicyclic) bond motifs is 3. The number of aromatic nitrogens is 5. The molecule has 2 aliphatic rings. The van der Waals surface area contributed by atoms with Crippen molar-refractivity contribution in [3.63, 3.8) is 0 Å². The first-order valence-corrected chi connectivity index (χ1v) is 13.3. The van der Waals surface area contributed by atoms with Crippen molar-refractivity contribution in [1.82, 2.24) is 25.2 Å². The molecule has 41 heavy (non-hydrogen) atoms. The van der Waals surface area contributed by atoms with Gasteiger partial charge < -0.3 is 14.9 Å². The third-order valence-electron chi connectivity index (χ3n) is 7.82. The second-order valence-electron chi connectivity index (χ2n) is 11.6. The molecule has 2 aromatic carbocycles. The van der Waals surface area contributed by atoms with Crippen molar-refractivity contribution in [2.45, 2.75) is 58.8 Å². The van der Waals surface area contributed by atoms with Crippen molar-refractivity contribution in [3.8, 4) is 28.4 Å². The van der Waals surface area contributed by atoms with E-state index in [1.807, 2.05) is 26.0 Å². The number of carboxylic acid groups (broad SMARTS) is 1. The van der Waals surface area contributed by atoms with Gasteiger partial charge in [-0.25, -0.2) is 13.8 Å². The van der Waals surface area contributed by atoms with Crippen molar-refractivity contribution >= 4 is 5.97 Å². The van der Waals surface area contributed by atoms with Crippen molar-refractivity contribution in [2.24, 2.45) is 11.8 Å². The van der Waals surface area contributed by atoms with Crippen LogP contribution in [0.3, 0.4) is 0 Å². The van der Waals surface area contributed by atoms with E-state index in [4.69, 9.17) is 4.74 Å². The largest absolute Gasteiger partial charge is 0.481 e. The number of benzene rings is 2. The van der Waals surface area contributed by atoms with Gasteiger partial charge in [-0.2, -0.15) is 4.80 Å². The van der Waals surface area contributed by atoms with E-state index in [1.165, 1.54) is 10.9 Å². The van der Waals surface area contributed by atoms with E-state index in [0.29, 0.717) is 29.3 Å². The highest BCUT2D eigenvalue weighted by Crippen LogP contribution is 2.61. The molecule has 212 valence electrons. The van der Waals surface area contributed by atoms with Gasteiger partial charge in [0.05, 0.1) is 18.1 Å². The summed E-state index contributed by atoms with van der Waals surface area (Å²) in [7, 11) is 0. The molecule has 1 saturated carbocycles. The van der Waals surface area contributed by atoms with Crippen LogP contribution in [-0.2, 0) is 24.4 Å². The second-order valence-corrected chi connectivity index (χ2v) is 11.6. The van der Waals surface area contributed by atoms with Gasteiger partial charge in [-0.05, 0) is 91.3 Å². The van der Waals surface area contributed by atoms with Crippen LogP contribution in [0, 0.1) is 37.3 Å². The molecule has 3 atom stereocenters. The van der Waals surface area contributed by atoms with Crippen LogP contribution in [0.5, 0.6) is 5.88 Å². The Labute approximate surface area is 234 Å². The lowest BCUT2D eigenvalue weighted by Crippen LogP contribution is -2.27. The van der Waals surface area contributed by atoms with Crippen LogP contribution in [0.2, 0.25) is 0 Å². The lowest BCUT2D eigenvalue weighted by atomic mass is 9.92. The molecular weight excluding hydrogens is 532 g/mol. The van der Waals surface area contributed by atoms with Crippen LogP contribution >= 0.6 is 0 Å². The van der Waals surface area contributed by atoms with Crippen LogP contribution in [0.15, 0.2) is 36.5 Å². The van der Waals surface area contributed by atoms with E-state index in [1.54, 1.807) is 26.1 Å². The smallest absolute Gasteiger partial charge is 0.307 e. The summed E-state index contributed by atoms with van der Waals surface area (Å²) >= 11 is 0. The van der Waals surface area contributed by atoms with Gasteiger partial charge in [0, 0.05) is 40.9 Å². The number of hydrogen-bond donors (Lipinski definition) is 2. The lowest BCUT2D eigenvalue weighted by Gasteiger charge is -2.15. The Balaban J connectivity index is 1.23. The first kappa shape index (κ1) is 26.9. The number of halogens is 2. The Kier molecular flexibility index (Phi) is 6.37. The Bertz CT molecular complexity index is 1670. The van der Waals surface area contributed by atoms with E-state index >= 15 is 4.39 Å². The van der Waals surface area contributed by atoms with Crippen LogP contribution < -0.4 is 4.74 Å². The predicted octanol–water partition coefficient (Wildman–Crippen LogP) is 4.62. The van der Waals surface area contributed by atoms with E-state index in [9.17, 15) is 19.4 Å². The number of ether oxygens (including phenoxy) is 1. The van der Waals surface area contributed by atoms with Crippen molar-refractivity contribution in [1.29, 1.82) is 0 Å². The normalized spacial score (nSPS) is 19.1. The Morgan fingerprint density at radius 3 is 2.54 bits per heavy atom. The molecule has 1 fully saturated rings. The van der Waals surface area contributed by atoms with Gasteiger partial charge in [0.2, 0.25) is 11.7 Å². The number of hydrogen-bond acceptors (Lipinski definition) is 7. The van der Waals surface area contributed by atoms with Gasteiger partial charge in [-0.15, -0.1) is 10.2 Å². The summed E-state index contributed by atoms with van der Waals surface area (Å²) < 4.78 is 35.7. The van der Waals surface area contributed by atoms with Crippen LogP contribution in [0.25, 0.3) is 22.5 Å². The van der Waals surface area contributed by atoms with E-state index in [0.717, 1.165) is 28.3 Å². The molecule has 2 aliphatic carbocycles. The number of carbonyl (C=O) groups is 1. The zero-order chi connectivity index (χ0) is 29.2. The molecule has 4 aromatic rings. The minimum atomic E-state index is -1.00. The molecule has 0 amide bonds. The maximum absolute atomic E-state index is 15.1. The Morgan fingerprint density at radius 2 is 1.85 bits per heavy atom. The van der Waals surface area contributed by atoms with Gasteiger partial charge in [-0.3, -0.25) is 4.79 Å². The maximum Gasteiger partial charge on any atom is 0.307 e. The van der Waals surface area contributed by atoms with Crippen LogP contribution in [-0.4, -0.2) is 47.0 Å². The lowest BCUT2D eigenvalue weighted by molar-refractivity contribution is -0.139. The zero-order valence-electron chi connectivity index (χ0n) is 23.0. The molecule has 2 heterocycles. The Hall–Kier alpha value is -4.25. The van der Waals surface area contributed by atoms with Gasteiger partial charge in [0.1, 0.15) is 18.2 Å². The number of rotatable bonds is 8. The number of aliphatic hydroxyl groups is 1. The summed E-state index contributed by atoms with van der Waals surface area (Å²) in [4.78, 5) is 17.0. The summed E-state index contributed by atoms with van der Waals surface area (Å²) in [5.41, 5.74) is 4.16. The molecule has 0 saturated heterocycles. The molecule has 11 heteroatoms. The number of carboxylic acids is 1. The fraction of sp³-hybridized carbons (Fsp3) is 0.367. The van der Waals surface area contributed by atoms with Crippen molar-refractivity contribution in [2.75, 3.05) is 0 Å². The van der Waals surface area contributed by atoms with E-state index in [2.05, 4.69) is 20.4 Å². The predicted molar refractivity (Wildman–Crippen MR) is 144 cm³/mol. The number of pyridine rings is 1. The first-order chi connectivity index (χ1) is 19.4. The molecule has 2 aromatic heterocycles. The highest BCUT2D eigenvalue weighted by molar-refractivity contribution is 5.78. The summed E-state index contributed by atoms with van der Waals surface area (Å²) in [6.45, 7) is 6.99. The van der Waals surface area contributed by atoms with Crippen molar-refractivity contribution in [3.05, 3.63) is 76.0 Å². The van der Waals surface area contributed by atoms with Gasteiger partial charge in [0.25, 0.3) is 0 Å². The minimum Gasteiger partial charge on any atom is -0.481 e. The fourth-order valence-corrected chi connectivity index (χ4v) is 6.02. The average molecular weight is 562 g/mol. The van der Waals surface area contributed by atoms with E-state index < -0.39 is 23.2 Å². The number of aliphatic carboxylic acids is 1. The molecule has 0 bridgehead atoms. The monoisotopic (exact) mass is 561 g/mol. The third-order valence-corrected chi connectivity index (χ3v) is 7.82. The summed E-state index contributed by atoms with van der Waals surface area (Å²) in [6.07, 6.45) is 2.31. The first-order valence-electron chi connectivity index (χ1n) is 13.3. The SMILES string of the molecule is Cc1cc(-c2nnn(CC(C)(C)O)n2)cc(C)c1-c1cc(COc2cc3c(cn2)C2C(C3)C2C(=O)O)c(F)cc1F. The van der Waals surface area contributed by atoms with Crippen molar-refractivity contribution < 1.29 is 28.5 Å². The maximum atomic E-state index is 15.1. The summed E-state index contributed by atoms with van der Waals surface area (Å²) in [5, 5.41) is 31.8. The standard InChI is InChI=1S/C30H29F2N5O4/c1-14-5-17(28-34-36-37(35-28)13-30(3,4)40)6-15(2)25(14)19-8-18(22(31)10-23(19)32)12-41-24-9-16-7-20-26(21(16)11-33-24)27(20)29(38)39/h5-6,8-11,20,26-27,40H,7,12-13H2,1-4H3,(H,38,39). The molecule has 3 unspecified atom stereocenters. The Morgan fingerprint density at radius 1 is 1.12 bits per heavy atom. The molecular formula is C30H29F2N5O4. The molecule has 0 aliphatic heterocycles. The average Bonchev–Trinajstić information content (AvgIpc) is 3.20. The second kappa shape index (κ2) is 9.69. The molecule has 2 N–H and O–H groups in total. The number of nitrogens with zero attached hydrogens (tertiary/aromatic N) is 5. The zero-order valence-corrected chi connectivity index (χ0v) is 23.0. The topological polar surface area (TPSA) is 123 Å². The minimum absolute atomic E-state index is 0.00875. The molecule has 0 spiro atoms. The highest BCUT2D eigenvalue weighted by atomic mass is 19.1. The molecule has 0 radical (unpaired) electrons. The summed E-state index contributed by atoms with van der Waals surface area (Å²) in [6, 6.07) is 7.74. The fourth-order valence-electron chi connectivity index (χ4n) is 6.02. The van der Waals surface area contributed by atoms with E-state index in [-0.39, 0.29) is 42.0 Å². The number of aryl methyl sites for hydroxylation is 2. The van der Waals surface area contributed by atoms with Crippen LogP contribution in [0.1, 0.15) is 47.6 Å². The van der Waals surface area contributed by atoms with Gasteiger partial charge in [-0.1, -0.05) is 0 Å². The quantitative estimate of drug-likeness (QED) is 0.320. The third kappa shape index (κ3) is 5.06.